The lowest BCUT2D eigenvalue weighted by molar-refractivity contribution is 0.101. The summed E-state index contributed by atoms with van der Waals surface area (Å²) in [4.78, 5) is 43.1. The first-order valence-electron chi connectivity index (χ1n) is 11.5. The van der Waals surface area contributed by atoms with E-state index in [-0.39, 0.29) is 17.2 Å². The number of benzene rings is 2. The van der Waals surface area contributed by atoms with E-state index in [2.05, 4.69) is 20.7 Å². The standard InChI is InChI=1S/C27H23N7O3/c1-18-24(27(37)34(32(18)2)22-10-4-3-5-11-22)31-25(35)19-8-6-9-21(16-19)30-26(36)20-12-13-23(28-17-20)33-15-7-14-29-33/h3-17H,1-2H3,(H,30,36)(H,31,35). The number of amides is 2. The van der Waals surface area contributed by atoms with Crippen molar-refractivity contribution >= 4 is 23.2 Å². The lowest BCUT2D eigenvalue weighted by Crippen LogP contribution is -2.23. The van der Waals surface area contributed by atoms with Crippen molar-refractivity contribution in [1.29, 1.82) is 0 Å². The summed E-state index contributed by atoms with van der Waals surface area (Å²) in [5, 5.41) is 9.62. The molecule has 0 saturated heterocycles. The summed E-state index contributed by atoms with van der Waals surface area (Å²) >= 11 is 0. The van der Waals surface area contributed by atoms with Crippen molar-refractivity contribution in [2.24, 2.45) is 7.05 Å². The van der Waals surface area contributed by atoms with Crippen molar-refractivity contribution < 1.29 is 9.59 Å². The molecule has 0 radical (unpaired) electrons. The summed E-state index contributed by atoms with van der Waals surface area (Å²) in [7, 11) is 1.76. The fourth-order valence-electron chi connectivity index (χ4n) is 3.90. The highest BCUT2D eigenvalue weighted by molar-refractivity contribution is 6.07. The van der Waals surface area contributed by atoms with Gasteiger partial charge in [0.2, 0.25) is 0 Å². The third-order valence-corrected chi connectivity index (χ3v) is 5.92. The number of hydrogen-bond donors (Lipinski definition) is 2. The molecule has 2 amide bonds. The molecule has 2 N–H and O–H groups in total. The Morgan fingerprint density at radius 2 is 1.65 bits per heavy atom. The van der Waals surface area contributed by atoms with E-state index < -0.39 is 5.91 Å². The number of rotatable bonds is 6. The normalized spacial score (nSPS) is 10.8. The van der Waals surface area contributed by atoms with Gasteiger partial charge in [-0.15, -0.1) is 0 Å². The van der Waals surface area contributed by atoms with Crippen LogP contribution in [-0.4, -0.2) is 35.9 Å². The molecule has 0 aliphatic heterocycles. The van der Waals surface area contributed by atoms with E-state index in [1.807, 2.05) is 30.3 Å². The van der Waals surface area contributed by atoms with Gasteiger partial charge in [0.05, 0.1) is 16.9 Å². The SMILES string of the molecule is Cc1c(NC(=O)c2cccc(NC(=O)c3ccc(-n4cccn4)nc3)c2)c(=O)n(-c2ccccc2)n1C. The van der Waals surface area contributed by atoms with Crippen LogP contribution in [0.25, 0.3) is 11.5 Å². The maximum Gasteiger partial charge on any atom is 0.295 e. The van der Waals surface area contributed by atoms with Crippen molar-refractivity contribution in [1.82, 2.24) is 24.1 Å². The Morgan fingerprint density at radius 3 is 2.35 bits per heavy atom. The van der Waals surface area contributed by atoms with Crippen molar-refractivity contribution in [2.45, 2.75) is 6.92 Å². The Labute approximate surface area is 211 Å². The predicted octanol–water partition coefficient (Wildman–Crippen LogP) is 3.57. The number of para-hydroxylation sites is 1. The van der Waals surface area contributed by atoms with Gasteiger partial charge in [0.1, 0.15) is 5.69 Å². The molecule has 0 atom stereocenters. The first-order valence-corrected chi connectivity index (χ1v) is 11.5. The fraction of sp³-hybridized carbons (Fsp3) is 0.0741. The van der Waals surface area contributed by atoms with Crippen LogP contribution in [0.4, 0.5) is 11.4 Å². The molecule has 0 aliphatic rings. The molecule has 0 fully saturated rings. The summed E-state index contributed by atoms with van der Waals surface area (Å²) in [5.41, 5.74) is 2.23. The Kier molecular flexibility index (Phi) is 6.21. The zero-order valence-electron chi connectivity index (χ0n) is 20.1. The number of hydrogen-bond acceptors (Lipinski definition) is 5. The van der Waals surface area contributed by atoms with Gasteiger partial charge in [-0.1, -0.05) is 24.3 Å². The van der Waals surface area contributed by atoms with Crippen LogP contribution in [0.2, 0.25) is 0 Å². The van der Waals surface area contributed by atoms with Crippen molar-refractivity contribution in [3.8, 4) is 11.5 Å². The summed E-state index contributed by atoms with van der Waals surface area (Å²) in [6.45, 7) is 1.76. The second-order valence-electron chi connectivity index (χ2n) is 8.28. The number of nitrogens with zero attached hydrogens (tertiary/aromatic N) is 5. The third-order valence-electron chi connectivity index (χ3n) is 5.92. The smallest absolute Gasteiger partial charge is 0.295 e. The maximum absolute atomic E-state index is 13.1. The lowest BCUT2D eigenvalue weighted by atomic mass is 10.1. The van der Waals surface area contributed by atoms with Gasteiger partial charge in [-0.05, 0) is 55.5 Å². The van der Waals surface area contributed by atoms with E-state index in [0.717, 1.165) is 0 Å². The van der Waals surface area contributed by atoms with Crippen molar-refractivity contribution in [3.63, 3.8) is 0 Å². The number of anilines is 2. The molecule has 10 nitrogen and oxygen atoms in total. The summed E-state index contributed by atoms with van der Waals surface area (Å²) < 4.78 is 4.77. The number of nitrogens with one attached hydrogen (secondary N) is 2. The first-order chi connectivity index (χ1) is 17.9. The Hall–Kier alpha value is -5.25. The average molecular weight is 494 g/mol. The largest absolute Gasteiger partial charge is 0.322 e. The van der Waals surface area contributed by atoms with Gasteiger partial charge in [0, 0.05) is 36.9 Å². The van der Waals surface area contributed by atoms with E-state index >= 15 is 0 Å². The predicted molar refractivity (Wildman–Crippen MR) is 139 cm³/mol. The Balaban J connectivity index is 1.32. The highest BCUT2D eigenvalue weighted by atomic mass is 16.2. The minimum atomic E-state index is -0.465. The fourth-order valence-corrected chi connectivity index (χ4v) is 3.90. The van der Waals surface area contributed by atoms with E-state index in [1.165, 1.54) is 10.9 Å². The molecule has 0 saturated carbocycles. The molecule has 0 aliphatic carbocycles. The minimum Gasteiger partial charge on any atom is -0.322 e. The molecule has 5 aromatic rings. The van der Waals surface area contributed by atoms with Gasteiger partial charge in [-0.25, -0.2) is 14.3 Å². The number of aromatic nitrogens is 5. The van der Waals surface area contributed by atoms with Gasteiger partial charge in [-0.3, -0.25) is 19.1 Å². The highest BCUT2D eigenvalue weighted by Gasteiger charge is 2.19. The first kappa shape index (κ1) is 23.5. The summed E-state index contributed by atoms with van der Waals surface area (Å²) in [6.07, 6.45) is 4.86. The number of carbonyl (C=O) groups excluding carboxylic acids is 2. The molecule has 0 unspecified atom stereocenters. The van der Waals surface area contributed by atoms with Crippen molar-refractivity contribution in [2.75, 3.05) is 10.6 Å². The van der Waals surface area contributed by atoms with E-state index in [1.54, 1.807) is 78.2 Å². The van der Waals surface area contributed by atoms with Crippen LogP contribution in [0.5, 0.6) is 0 Å². The van der Waals surface area contributed by atoms with Crippen molar-refractivity contribution in [3.05, 3.63) is 119 Å². The second kappa shape index (κ2) is 9.78. The van der Waals surface area contributed by atoms with Crippen LogP contribution in [0.1, 0.15) is 26.4 Å². The van der Waals surface area contributed by atoms with E-state index in [0.29, 0.717) is 34.0 Å². The molecule has 184 valence electrons. The topological polar surface area (TPSA) is 116 Å². The summed E-state index contributed by atoms with van der Waals surface area (Å²) in [5.74, 6) is -0.253. The molecule has 37 heavy (non-hydrogen) atoms. The zero-order chi connectivity index (χ0) is 25.9. The van der Waals surface area contributed by atoms with Gasteiger partial charge < -0.3 is 10.6 Å². The number of carbonyl (C=O) groups is 2. The van der Waals surface area contributed by atoms with Gasteiger partial charge in [0.15, 0.2) is 5.82 Å². The maximum atomic E-state index is 13.1. The number of pyridine rings is 1. The lowest BCUT2D eigenvalue weighted by Gasteiger charge is -2.08. The van der Waals surface area contributed by atoms with Crippen LogP contribution in [0.15, 0.2) is 96.2 Å². The molecule has 3 aromatic heterocycles. The Morgan fingerprint density at radius 1 is 0.865 bits per heavy atom. The third kappa shape index (κ3) is 4.67. The molecule has 0 bridgehead atoms. The van der Waals surface area contributed by atoms with Crippen LogP contribution < -0.4 is 16.2 Å². The summed E-state index contributed by atoms with van der Waals surface area (Å²) in [6, 6.07) is 20.8. The quantitative estimate of drug-likeness (QED) is 0.375. The molecule has 3 heterocycles. The van der Waals surface area contributed by atoms with E-state index in [4.69, 9.17) is 0 Å². The Bertz CT molecular complexity index is 1630. The zero-order valence-corrected chi connectivity index (χ0v) is 20.1. The van der Waals surface area contributed by atoms with E-state index in [9.17, 15) is 14.4 Å². The van der Waals surface area contributed by atoms with Crippen LogP contribution in [0.3, 0.4) is 0 Å². The molecular weight excluding hydrogens is 470 g/mol. The molecule has 5 rings (SSSR count). The van der Waals surface area contributed by atoms with Gasteiger partial charge >= 0.3 is 0 Å². The highest BCUT2D eigenvalue weighted by Crippen LogP contribution is 2.17. The van der Waals surface area contributed by atoms with Crippen LogP contribution >= 0.6 is 0 Å². The van der Waals surface area contributed by atoms with Gasteiger partial charge in [-0.2, -0.15) is 5.10 Å². The monoisotopic (exact) mass is 493 g/mol. The minimum absolute atomic E-state index is 0.189. The molecule has 2 aromatic carbocycles. The van der Waals surface area contributed by atoms with Crippen LogP contribution in [0, 0.1) is 6.92 Å². The average Bonchev–Trinajstić information content (AvgIpc) is 3.53. The molecule has 0 spiro atoms. The molecular formula is C27H23N7O3. The van der Waals surface area contributed by atoms with Crippen LogP contribution in [-0.2, 0) is 7.05 Å². The molecule has 10 heteroatoms. The van der Waals surface area contributed by atoms with Gasteiger partial charge in [0.25, 0.3) is 17.4 Å². The second-order valence-corrected chi connectivity index (χ2v) is 8.28.